The largest absolute Gasteiger partial charge is 0.457 e. The maximum absolute atomic E-state index is 12.7. The van der Waals surface area contributed by atoms with Crippen molar-refractivity contribution in [1.29, 1.82) is 0 Å². The second kappa shape index (κ2) is 4.87. The molecule has 0 radical (unpaired) electrons. The molecule has 4 unspecified atom stereocenters. The van der Waals surface area contributed by atoms with Crippen LogP contribution >= 0.6 is 0 Å². The number of ether oxygens (including phenoxy) is 2. The van der Waals surface area contributed by atoms with Crippen molar-refractivity contribution in [3.05, 3.63) is 30.3 Å². The van der Waals surface area contributed by atoms with Gasteiger partial charge in [0.05, 0.1) is 17.5 Å². The van der Waals surface area contributed by atoms with Crippen molar-refractivity contribution in [2.75, 3.05) is 4.90 Å². The van der Waals surface area contributed by atoms with Gasteiger partial charge < -0.3 is 14.6 Å². The number of amides is 2. The predicted molar refractivity (Wildman–Crippen MR) is 76.1 cm³/mol. The Kier molecular flexibility index (Phi) is 3.04. The number of imide groups is 1. The number of rotatable bonds is 2. The molecular weight excluding hydrogens is 302 g/mol. The monoisotopic (exact) mass is 317 g/mol. The Morgan fingerprint density at radius 2 is 1.74 bits per heavy atom. The molecule has 7 nitrogen and oxygen atoms in total. The molecular formula is C16H15NO6. The summed E-state index contributed by atoms with van der Waals surface area (Å²) < 4.78 is 10.7. The van der Waals surface area contributed by atoms with Gasteiger partial charge in [-0.2, -0.15) is 0 Å². The topological polar surface area (TPSA) is 93.1 Å². The number of esters is 1. The zero-order chi connectivity index (χ0) is 16.3. The first-order chi connectivity index (χ1) is 11.0. The standard InChI is InChI=1S/C16H15NO6/c1-7(18)22-14-11(19)12-9-10(13(14)23-12)16(21)17(15(9)20)8-5-3-2-4-6-8/h2-6,9-14,19H,1H3/t9?,10?,11-,12+,13?,14?/m1/s1. The maximum Gasteiger partial charge on any atom is 0.303 e. The fourth-order valence-electron chi connectivity index (χ4n) is 3.87. The highest BCUT2D eigenvalue weighted by Crippen LogP contribution is 2.50. The van der Waals surface area contributed by atoms with Crippen LogP contribution < -0.4 is 4.90 Å². The number of benzene rings is 1. The molecule has 1 aromatic rings. The third kappa shape index (κ3) is 1.87. The van der Waals surface area contributed by atoms with Crippen molar-refractivity contribution in [1.82, 2.24) is 0 Å². The van der Waals surface area contributed by atoms with Crippen molar-refractivity contribution in [2.24, 2.45) is 11.8 Å². The number of aliphatic hydroxyl groups excluding tert-OH is 1. The number of carbonyl (C=O) groups is 3. The molecule has 0 spiro atoms. The van der Waals surface area contributed by atoms with Gasteiger partial charge in [0.2, 0.25) is 11.8 Å². The fraction of sp³-hybridized carbons (Fsp3) is 0.438. The van der Waals surface area contributed by atoms with Crippen LogP contribution in [0, 0.1) is 11.8 Å². The molecule has 0 saturated carbocycles. The van der Waals surface area contributed by atoms with E-state index in [1.165, 1.54) is 6.92 Å². The van der Waals surface area contributed by atoms with E-state index >= 15 is 0 Å². The third-order valence-corrected chi connectivity index (χ3v) is 4.73. The summed E-state index contributed by atoms with van der Waals surface area (Å²) in [6.07, 6.45) is -3.61. The van der Waals surface area contributed by atoms with E-state index in [0.29, 0.717) is 5.69 Å². The Morgan fingerprint density at radius 3 is 2.35 bits per heavy atom. The third-order valence-electron chi connectivity index (χ3n) is 4.73. The predicted octanol–water partition coefficient (Wildman–Crippen LogP) is -0.134. The van der Waals surface area contributed by atoms with Crippen LogP contribution in [-0.2, 0) is 23.9 Å². The molecule has 1 N–H and O–H groups in total. The number of anilines is 1. The molecule has 3 aliphatic heterocycles. The number of hydrogen-bond donors (Lipinski definition) is 1. The van der Waals surface area contributed by atoms with Crippen LogP contribution in [0.25, 0.3) is 0 Å². The number of para-hydroxylation sites is 1. The van der Waals surface area contributed by atoms with Crippen molar-refractivity contribution >= 4 is 23.5 Å². The highest BCUT2D eigenvalue weighted by Gasteiger charge is 2.70. The Hall–Kier alpha value is -2.25. The molecule has 6 atom stereocenters. The van der Waals surface area contributed by atoms with E-state index in [-0.39, 0.29) is 11.8 Å². The summed E-state index contributed by atoms with van der Waals surface area (Å²) in [5, 5.41) is 10.3. The van der Waals surface area contributed by atoms with Crippen molar-refractivity contribution in [3.8, 4) is 0 Å². The quantitative estimate of drug-likeness (QED) is 0.603. The molecule has 0 aromatic heterocycles. The average molecular weight is 317 g/mol. The summed E-state index contributed by atoms with van der Waals surface area (Å²) in [6, 6.07) is 8.64. The zero-order valence-electron chi connectivity index (χ0n) is 12.3. The van der Waals surface area contributed by atoms with Gasteiger partial charge in [-0.3, -0.25) is 14.4 Å². The summed E-state index contributed by atoms with van der Waals surface area (Å²) in [5.74, 6) is -2.75. The van der Waals surface area contributed by atoms with Crippen LogP contribution in [0.15, 0.2) is 30.3 Å². The van der Waals surface area contributed by atoms with Gasteiger partial charge in [-0.25, -0.2) is 4.90 Å². The van der Waals surface area contributed by atoms with Crippen molar-refractivity contribution in [2.45, 2.75) is 31.3 Å². The molecule has 120 valence electrons. The average Bonchev–Trinajstić information content (AvgIpc) is 3.12. The molecule has 23 heavy (non-hydrogen) atoms. The number of fused-ring (bicyclic) bond motifs is 5. The second-order valence-corrected chi connectivity index (χ2v) is 6.03. The number of carbonyl (C=O) groups excluding carboxylic acids is 3. The molecule has 3 saturated heterocycles. The number of nitrogens with zero attached hydrogens (tertiary/aromatic N) is 1. The fourth-order valence-corrected chi connectivity index (χ4v) is 3.87. The summed E-state index contributed by atoms with van der Waals surface area (Å²) >= 11 is 0. The van der Waals surface area contributed by atoms with Gasteiger partial charge in [-0.1, -0.05) is 18.2 Å². The SMILES string of the molecule is CC(=O)OC1C2O[C@@H](C3C(=O)N(c4ccccc4)C(=O)C23)[C@H]1O. The second-order valence-electron chi connectivity index (χ2n) is 6.03. The highest BCUT2D eigenvalue weighted by molar-refractivity contribution is 6.22. The smallest absolute Gasteiger partial charge is 0.303 e. The lowest BCUT2D eigenvalue weighted by atomic mass is 9.78. The highest BCUT2D eigenvalue weighted by atomic mass is 16.6. The number of hydrogen-bond acceptors (Lipinski definition) is 6. The Balaban J connectivity index is 1.68. The van der Waals surface area contributed by atoms with Gasteiger partial charge in [0.25, 0.3) is 0 Å². The van der Waals surface area contributed by atoms with Crippen LogP contribution in [0.5, 0.6) is 0 Å². The van der Waals surface area contributed by atoms with Crippen LogP contribution in [-0.4, -0.2) is 47.3 Å². The first kappa shape index (κ1) is 14.3. The van der Waals surface area contributed by atoms with Crippen LogP contribution in [0.3, 0.4) is 0 Å². The summed E-state index contributed by atoms with van der Waals surface area (Å²) in [5.41, 5.74) is 0.495. The van der Waals surface area contributed by atoms with E-state index in [9.17, 15) is 19.5 Å². The van der Waals surface area contributed by atoms with Crippen molar-refractivity contribution < 1.29 is 29.0 Å². The molecule has 1 aromatic carbocycles. The first-order valence-electron chi connectivity index (χ1n) is 7.44. The first-order valence-corrected chi connectivity index (χ1v) is 7.44. The Labute approximate surface area is 131 Å². The molecule has 2 amide bonds. The van der Waals surface area contributed by atoms with Gasteiger partial charge in [0, 0.05) is 6.92 Å². The minimum atomic E-state index is -1.10. The van der Waals surface area contributed by atoms with Gasteiger partial charge in [0.1, 0.15) is 18.3 Å². The minimum absolute atomic E-state index is 0.372. The van der Waals surface area contributed by atoms with E-state index in [0.717, 1.165) is 4.90 Å². The zero-order valence-corrected chi connectivity index (χ0v) is 12.3. The lowest BCUT2D eigenvalue weighted by Crippen LogP contribution is -2.49. The van der Waals surface area contributed by atoms with Gasteiger partial charge >= 0.3 is 5.97 Å². The minimum Gasteiger partial charge on any atom is -0.457 e. The summed E-state index contributed by atoms with van der Waals surface area (Å²) in [7, 11) is 0. The normalized spacial score (nSPS) is 38.1. The van der Waals surface area contributed by atoms with E-state index in [1.54, 1.807) is 30.3 Å². The van der Waals surface area contributed by atoms with E-state index in [4.69, 9.17) is 9.47 Å². The Morgan fingerprint density at radius 1 is 1.13 bits per heavy atom. The van der Waals surface area contributed by atoms with Crippen LogP contribution in [0.4, 0.5) is 5.69 Å². The van der Waals surface area contributed by atoms with Gasteiger partial charge in [-0.15, -0.1) is 0 Å². The summed E-state index contributed by atoms with van der Waals surface area (Å²) in [6.45, 7) is 1.23. The molecule has 3 heterocycles. The molecule has 7 heteroatoms. The van der Waals surface area contributed by atoms with Crippen molar-refractivity contribution in [3.63, 3.8) is 0 Å². The molecule has 0 aliphatic carbocycles. The lowest BCUT2D eigenvalue weighted by molar-refractivity contribution is -0.157. The van der Waals surface area contributed by atoms with Crippen LogP contribution in [0.2, 0.25) is 0 Å². The van der Waals surface area contributed by atoms with E-state index in [2.05, 4.69) is 0 Å². The lowest BCUT2D eigenvalue weighted by Gasteiger charge is -2.28. The van der Waals surface area contributed by atoms with Gasteiger partial charge in [0.15, 0.2) is 6.10 Å². The molecule has 4 rings (SSSR count). The van der Waals surface area contributed by atoms with E-state index in [1.807, 2.05) is 0 Å². The molecule has 2 bridgehead atoms. The molecule has 3 aliphatic rings. The molecule has 3 fully saturated rings. The van der Waals surface area contributed by atoms with E-state index < -0.39 is 42.2 Å². The van der Waals surface area contributed by atoms with Crippen LogP contribution in [0.1, 0.15) is 6.92 Å². The Bertz CT molecular complexity index is 689. The number of aliphatic hydroxyl groups is 1. The van der Waals surface area contributed by atoms with Gasteiger partial charge in [-0.05, 0) is 12.1 Å². The summed E-state index contributed by atoms with van der Waals surface area (Å²) in [4.78, 5) is 37.7. The maximum atomic E-state index is 12.7.